The second kappa shape index (κ2) is 12.4. The molecule has 136 valence electrons. The van der Waals surface area contributed by atoms with Gasteiger partial charge in [-0.25, -0.2) is 0 Å². The highest BCUT2D eigenvalue weighted by molar-refractivity contribution is 4.77. The minimum atomic E-state index is 0.471. The number of hydrogen-bond donors (Lipinski definition) is 0. The van der Waals surface area contributed by atoms with Crippen molar-refractivity contribution in [3.8, 4) is 0 Å². The number of hydrogen-bond acceptors (Lipinski definition) is 0. The van der Waals surface area contributed by atoms with E-state index in [0.29, 0.717) is 10.8 Å². The second-order valence-corrected chi connectivity index (χ2v) is 10.1. The SMILES string of the molecule is CC(C)CC(C)(C)CC(C)(C)C.CCCCCCCC(C)C. The van der Waals surface area contributed by atoms with Gasteiger partial charge in [-0.3, -0.25) is 0 Å². The van der Waals surface area contributed by atoms with Crippen LogP contribution < -0.4 is 0 Å². The minimum Gasteiger partial charge on any atom is -0.0654 e. The van der Waals surface area contributed by atoms with E-state index in [9.17, 15) is 0 Å². The van der Waals surface area contributed by atoms with Crippen LogP contribution in [0.15, 0.2) is 0 Å². The molecule has 0 heterocycles. The molecule has 0 unspecified atom stereocenters. The lowest BCUT2D eigenvalue weighted by Crippen LogP contribution is -2.22. The molecule has 0 rings (SSSR count). The third-order valence-electron chi connectivity index (χ3n) is 3.85. The first-order chi connectivity index (χ1) is 9.89. The smallest absolute Gasteiger partial charge is 0.0347 e. The number of unbranched alkanes of at least 4 members (excludes halogenated alkanes) is 4. The maximum atomic E-state index is 2.39. The minimum absolute atomic E-state index is 0.471. The van der Waals surface area contributed by atoms with E-state index < -0.39 is 0 Å². The summed E-state index contributed by atoms with van der Waals surface area (Å²) in [5.74, 6) is 1.73. The lowest BCUT2D eigenvalue weighted by molar-refractivity contribution is 0.179. The lowest BCUT2D eigenvalue weighted by atomic mass is 9.72. The molecule has 22 heavy (non-hydrogen) atoms. The first kappa shape index (κ1) is 24.3. The van der Waals surface area contributed by atoms with Crippen LogP contribution in [0.25, 0.3) is 0 Å². The molecule has 0 saturated heterocycles. The van der Waals surface area contributed by atoms with Gasteiger partial charge in [-0.15, -0.1) is 0 Å². The topological polar surface area (TPSA) is 0 Å². The van der Waals surface area contributed by atoms with E-state index in [1.54, 1.807) is 0 Å². The van der Waals surface area contributed by atoms with Gasteiger partial charge in [0.05, 0.1) is 0 Å². The fourth-order valence-electron chi connectivity index (χ4n) is 3.77. The Bertz CT molecular complexity index is 227. The summed E-state index contributed by atoms with van der Waals surface area (Å²) in [6.07, 6.45) is 11.2. The van der Waals surface area contributed by atoms with Crippen molar-refractivity contribution in [2.75, 3.05) is 0 Å². The molecule has 0 fully saturated rings. The van der Waals surface area contributed by atoms with Crippen LogP contribution in [0.1, 0.15) is 121 Å². The first-order valence-electron chi connectivity index (χ1n) is 9.89. The molecule has 0 N–H and O–H groups in total. The van der Waals surface area contributed by atoms with Gasteiger partial charge in [0.1, 0.15) is 0 Å². The van der Waals surface area contributed by atoms with E-state index in [0.717, 1.165) is 11.8 Å². The van der Waals surface area contributed by atoms with Crippen molar-refractivity contribution in [3.63, 3.8) is 0 Å². The van der Waals surface area contributed by atoms with Crippen molar-refractivity contribution in [3.05, 3.63) is 0 Å². The van der Waals surface area contributed by atoms with E-state index in [2.05, 4.69) is 69.2 Å². The Hall–Kier alpha value is 0. The molecular weight excluding hydrogens is 264 g/mol. The average molecular weight is 313 g/mol. The molecule has 0 aromatic heterocycles. The second-order valence-electron chi connectivity index (χ2n) is 10.1. The van der Waals surface area contributed by atoms with Crippen LogP contribution in [0.4, 0.5) is 0 Å². The first-order valence-corrected chi connectivity index (χ1v) is 9.89. The molecule has 0 aliphatic rings. The van der Waals surface area contributed by atoms with Crippen LogP contribution >= 0.6 is 0 Å². The van der Waals surface area contributed by atoms with Crippen LogP contribution in [0, 0.1) is 22.7 Å². The highest BCUT2D eigenvalue weighted by atomic mass is 14.3. The highest BCUT2D eigenvalue weighted by Gasteiger charge is 2.25. The van der Waals surface area contributed by atoms with Gasteiger partial charge in [0.15, 0.2) is 0 Å². The molecule has 0 heteroatoms. The average Bonchev–Trinajstić information content (AvgIpc) is 2.23. The molecular formula is C22H48. The van der Waals surface area contributed by atoms with Gasteiger partial charge in [-0.2, -0.15) is 0 Å². The molecule has 0 saturated carbocycles. The fourth-order valence-corrected chi connectivity index (χ4v) is 3.77. The van der Waals surface area contributed by atoms with Crippen molar-refractivity contribution < 1.29 is 0 Å². The van der Waals surface area contributed by atoms with Gasteiger partial charge >= 0.3 is 0 Å². The molecule has 0 aromatic rings. The van der Waals surface area contributed by atoms with Crippen LogP contribution in [-0.4, -0.2) is 0 Å². The molecule has 0 spiro atoms. The summed E-state index contributed by atoms with van der Waals surface area (Å²) in [5, 5.41) is 0. The Balaban J connectivity index is 0. The molecule has 0 aliphatic carbocycles. The monoisotopic (exact) mass is 312 g/mol. The molecule has 0 radical (unpaired) electrons. The van der Waals surface area contributed by atoms with E-state index >= 15 is 0 Å². The van der Waals surface area contributed by atoms with Crippen molar-refractivity contribution in [2.45, 2.75) is 121 Å². The summed E-state index contributed by atoms with van der Waals surface area (Å²) < 4.78 is 0. The van der Waals surface area contributed by atoms with Crippen molar-refractivity contribution in [1.82, 2.24) is 0 Å². The lowest BCUT2D eigenvalue weighted by Gasteiger charge is -2.33. The summed E-state index contributed by atoms with van der Waals surface area (Å²) >= 11 is 0. The van der Waals surface area contributed by atoms with Crippen molar-refractivity contribution >= 4 is 0 Å². The molecule has 0 nitrogen and oxygen atoms in total. The number of rotatable bonds is 9. The fraction of sp³-hybridized carbons (Fsp3) is 1.00. The Labute approximate surface area is 143 Å². The Morgan fingerprint density at radius 1 is 0.682 bits per heavy atom. The van der Waals surface area contributed by atoms with E-state index in [1.807, 2.05) is 0 Å². The van der Waals surface area contributed by atoms with Crippen LogP contribution in [0.3, 0.4) is 0 Å². The van der Waals surface area contributed by atoms with E-state index in [1.165, 1.54) is 51.4 Å². The normalized spacial score (nSPS) is 12.5. The summed E-state index contributed by atoms with van der Waals surface area (Å²) in [7, 11) is 0. The van der Waals surface area contributed by atoms with Crippen molar-refractivity contribution in [2.24, 2.45) is 22.7 Å². The Morgan fingerprint density at radius 3 is 1.55 bits per heavy atom. The predicted octanol–water partition coefficient (Wildman–Crippen LogP) is 8.50. The predicted molar refractivity (Wildman–Crippen MR) is 106 cm³/mol. The van der Waals surface area contributed by atoms with Gasteiger partial charge < -0.3 is 0 Å². The standard InChI is InChI=1S/C12H26.C10H22/c1-10(2)8-12(6,7)9-11(3,4)5;1-4-5-6-7-8-9-10(2)3/h10H,8-9H2,1-7H3;10H,4-9H2,1-3H3. The zero-order chi connectivity index (χ0) is 17.8. The molecule has 0 atom stereocenters. The van der Waals surface area contributed by atoms with Gasteiger partial charge in [-0.1, -0.05) is 108 Å². The van der Waals surface area contributed by atoms with Gasteiger partial charge in [0.25, 0.3) is 0 Å². The third-order valence-corrected chi connectivity index (χ3v) is 3.85. The van der Waals surface area contributed by atoms with Gasteiger partial charge in [-0.05, 0) is 35.5 Å². The van der Waals surface area contributed by atoms with E-state index in [-0.39, 0.29) is 0 Å². The maximum absolute atomic E-state index is 2.39. The van der Waals surface area contributed by atoms with Crippen molar-refractivity contribution in [1.29, 1.82) is 0 Å². The van der Waals surface area contributed by atoms with E-state index in [4.69, 9.17) is 0 Å². The molecule has 0 amide bonds. The Morgan fingerprint density at radius 2 is 1.18 bits per heavy atom. The molecule has 0 aromatic carbocycles. The maximum Gasteiger partial charge on any atom is -0.0347 e. The summed E-state index contributed by atoms with van der Waals surface area (Å²) in [6.45, 7) is 23.3. The molecule has 0 bridgehead atoms. The largest absolute Gasteiger partial charge is 0.0654 e. The zero-order valence-corrected chi connectivity index (χ0v) is 17.8. The van der Waals surface area contributed by atoms with Crippen LogP contribution in [-0.2, 0) is 0 Å². The van der Waals surface area contributed by atoms with Crippen LogP contribution in [0.2, 0.25) is 0 Å². The van der Waals surface area contributed by atoms with Gasteiger partial charge in [0, 0.05) is 0 Å². The molecule has 0 aliphatic heterocycles. The third kappa shape index (κ3) is 22.3. The quantitative estimate of drug-likeness (QED) is 0.374. The summed E-state index contributed by atoms with van der Waals surface area (Å²) in [5.41, 5.74) is 0.977. The van der Waals surface area contributed by atoms with Gasteiger partial charge in [0.2, 0.25) is 0 Å². The highest BCUT2D eigenvalue weighted by Crippen LogP contribution is 2.37. The van der Waals surface area contributed by atoms with Crippen LogP contribution in [0.5, 0.6) is 0 Å². The zero-order valence-electron chi connectivity index (χ0n) is 17.8. The Kier molecular flexibility index (Phi) is 13.7. The summed E-state index contributed by atoms with van der Waals surface area (Å²) in [6, 6.07) is 0. The summed E-state index contributed by atoms with van der Waals surface area (Å²) in [4.78, 5) is 0.